The second-order valence-electron chi connectivity index (χ2n) is 4.22. The molecule has 1 aromatic carbocycles. The predicted octanol–water partition coefficient (Wildman–Crippen LogP) is 2.78. The number of carbonyl (C=O) groups is 1. The van der Waals surface area contributed by atoms with Crippen LogP contribution in [0, 0.1) is 17.0 Å². The smallest absolute Gasteiger partial charge is 0.339 e. The summed E-state index contributed by atoms with van der Waals surface area (Å²) in [5.41, 5.74) is -0.151. The molecular weight excluding hydrogens is 302 g/mol. The maximum atomic E-state index is 11.2. The molecule has 0 spiro atoms. The van der Waals surface area contributed by atoms with Crippen LogP contribution in [-0.2, 0) is 7.05 Å². The van der Waals surface area contributed by atoms with E-state index in [9.17, 15) is 14.9 Å². The molecule has 21 heavy (non-hydrogen) atoms. The second-order valence-corrected chi connectivity index (χ2v) is 4.62. The minimum Gasteiger partial charge on any atom is -0.478 e. The number of carboxylic acid groups (broad SMARTS) is 1. The van der Waals surface area contributed by atoms with Crippen LogP contribution in [0.3, 0.4) is 0 Å². The number of aromatic nitrogens is 2. The van der Waals surface area contributed by atoms with Gasteiger partial charge in [0.15, 0.2) is 5.75 Å². The third-order valence-electron chi connectivity index (χ3n) is 2.64. The Bertz CT molecular complexity index is 741. The molecule has 9 heteroatoms. The lowest BCUT2D eigenvalue weighted by Crippen LogP contribution is -2.04. The van der Waals surface area contributed by atoms with Gasteiger partial charge in [-0.25, -0.2) is 9.48 Å². The number of non-ortho nitro benzene ring substituents is 1. The van der Waals surface area contributed by atoms with Crippen LogP contribution in [0.2, 0.25) is 5.02 Å². The first kappa shape index (κ1) is 14.8. The molecule has 0 fully saturated rings. The number of aromatic carboxylic acids is 1. The monoisotopic (exact) mass is 311 g/mol. The number of benzene rings is 1. The highest BCUT2D eigenvalue weighted by molar-refractivity contribution is 6.33. The van der Waals surface area contributed by atoms with Gasteiger partial charge in [-0.15, -0.1) is 0 Å². The van der Waals surface area contributed by atoms with Gasteiger partial charge in [0, 0.05) is 25.2 Å². The summed E-state index contributed by atoms with van der Waals surface area (Å²) in [4.78, 5) is 21.3. The number of carboxylic acids is 1. The Morgan fingerprint density at radius 1 is 1.48 bits per heavy atom. The fourth-order valence-corrected chi connectivity index (χ4v) is 1.99. The predicted molar refractivity (Wildman–Crippen MR) is 73.1 cm³/mol. The van der Waals surface area contributed by atoms with E-state index in [-0.39, 0.29) is 16.7 Å². The molecule has 110 valence electrons. The number of ether oxygens (including phenoxy) is 1. The first-order valence-corrected chi connectivity index (χ1v) is 6.07. The third kappa shape index (κ3) is 2.95. The van der Waals surface area contributed by atoms with Crippen LogP contribution in [-0.4, -0.2) is 25.8 Å². The van der Waals surface area contributed by atoms with Crippen molar-refractivity contribution in [2.75, 3.05) is 0 Å². The minimum atomic E-state index is -1.38. The molecule has 0 aliphatic carbocycles. The highest BCUT2D eigenvalue weighted by Gasteiger charge is 2.22. The Morgan fingerprint density at radius 3 is 2.62 bits per heavy atom. The van der Waals surface area contributed by atoms with Crippen LogP contribution in [0.25, 0.3) is 0 Å². The summed E-state index contributed by atoms with van der Waals surface area (Å²) in [7, 11) is 1.61. The van der Waals surface area contributed by atoms with E-state index in [4.69, 9.17) is 21.4 Å². The maximum absolute atomic E-state index is 11.2. The molecule has 1 aromatic heterocycles. The van der Waals surface area contributed by atoms with Crippen LogP contribution in [0.5, 0.6) is 11.6 Å². The molecule has 0 aliphatic rings. The van der Waals surface area contributed by atoms with Crippen LogP contribution >= 0.6 is 11.6 Å². The van der Waals surface area contributed by atoms with Crippen molar-refractivity contribution in [2.45, 2.75) is 6.92 Å². The molecule has 1 heterocycles. The van der Waals surface area contributed by atoms with Gasteiger partial charge in [0.05, 0.1) is 15.6 Å². The van der Waals surface area contributed by atoms with Gasteiger partial charge in [0.1, 0.15) is 5.56 Å². The van der Waals surface area contributed by atoms with Crippen molar-refractivity contribution in [3.05, 3.63) is 44.6 Å². The van der Waals surface area contributed by atoms with E-state index in [2.05, 4.69) is 5.10 Å². The third-order valence-corrected chi connectivity index (χ3v) is 2.92. The van der Waals surface area contributed by atoms with E-state index in [0.29, 0.717) is 5.69 Å². The van der Waals surface area contributed by atoms with Gasteiger partial charge in [0.2, 0.25) is 5.88 Å². The molecular formula is C12H10ClN3O5. The summed E-state index contributed by atoms with van der Waals surface area (Å²) in [6.07, 6.45) is 0. The first-order valence-electron chi connectivity index (χ1n) is 5.69. The van der Waals surface area contributed by atoms with E-state index in [1.54, 1.807) is 20.0 Å². The lowest BCUT2D eigenvalue weighted by atomic mass is 10.2. The van der Waals surface area contributed by atoms with Crippen LogP contribution < -0.4 is 4.74 Å². The quantitative estimate of drug-likeness (QED) is 0.687. The summed E-state index contributed by atoms with van der Waals surface area (Å²) in [5.74, 6) is -1.28. The molecule has 0 radical (unpaired) electrons. The normalized spacial score (nSPS) is 10.4. The molecule has 0 aliphatic heterocycles. The minimum absolute atomic E-state index is 0.166. The zero-order valence-corrected chi connectivity index (χ0v) is 11.8. The second kappa shape index (κ2) is 5.41. The fourth-order valence-electron chi connectivity index (χ4n) is 1.73. The van der Waals surface area contributed by atoms with Crippen molar-refractivity contribution in [3.8, 4) is 11.6 Å². The van der Waals surface area contributed by atoms with Crippen molar-refractivity contribution in [1.29, 1.82) is 0 Å². The molecule has 2 rings (SSSR count). The van der Waals surface area contributed by atoms with E-state index in [1.807, 2.05) is 0 Å². The Kier molecular flexibility index (Phi) is 3.81. The van der Waals surface area contributed by atoms with Gasteiger partial charge in [-0.1, -0.05) is 11.6 Å². The zero-order chi connectivity index (χ0) is 15.7. The van der Waals surface area contributed by atoms with E-state index < -0.39 is 22.1 Å². The summed E-state index contributed by atoms with van der Waals surface area (Å²) in [6, 6.07) is 3.52. The van der Waals surface area contributed by atoms with E-state index in [1.165, 1.54) is 4.68 Å². The van der Waals surface area contributed by atoms with E-state index in [0.717, 1.165) is 12.1 Å². The summed E-state index contributed by atoms with van der Waals surface area (Å²) >= 11 is 5.91. The average molecular weight is 312 g/mol. The topological polar surface area (TPSA) is 107 Å². The SMILES string of the molecule is Cc1cc(Oc2c(Cl)cc([N+](=O)[O-])cc2C(=O)O)n(C)n1. The van der Waals surface area contributed by atoms with Crippen molar-refractivity contribution in [1.82, 2.24) is 9.78 Å². The number of hydrogen-bond acceptors (Lipinski definition) is 5. The number of rotatable bonds is 4. The van der Waals surface area contributed by atoms with Crippen LogP contribution in [0.4, 0.5) is 5.69 Å². The van der Waals surface area contributed by atoms with Gasteiger partial charge in [-0.2, -0.15) is 5.10 Å². The molecule has 0 bridgehead atoms. The number of nitrogens with zero attached hydrogens (tertiary/aromatic N) is 3. The van der Waals surface area contributed by atoms with Crippen LogP contribution in [0.15, 0.2) is 18.2 Å². The van der Waals surface area contributed by atoms with Crippen molar-refractivity contribution in [2.24, 2.45) is 7.05 Å². The maximum Gasteiger partial charge on any atom is 0.339 e. The summed E-state index contributed by atoms with van der Waals surface area (Å²) < 4.78 is 6.85. The molecule has 0 unspecified atom stereocenters. The molecule has 1 N–H and O–H groups in total. The highest BCUT2D eigenvalue weighted by Crippen LogP contribution is 2.36. The number of hydrogen-bond donors (Lipinski definition) is 1. The van der Waals surface area contributed by atoms with Gasteiger partial charge in [-0.3, -0.25) is 10.1 Å². The largest absolute Gasteiger partial charge is 0.478 e. The summed E-state index contributed by atoms with van der Waals surface area (Å²) in [5, 5.41) is 23.8. The average Bonchev–Trinajstić information content (AvgIpc) is 2.69. The molecule has 0 saturated carbocycles. The number of aryl methyl sites for hydroxylation is 2. The molecule has 0 atom stereocenters. The standard InChI is InChI=1S/C12H10ClN3O5/c1-6-3-10(15(2)14-6)21-11-8(12(17)18)4-7(16(19)20)5-9(11)13/h3-5H,1-2H3,(H,17,18). The Morgan fingerprint density at radius 2 is 2.14 bits per heavy atom. The lowest BCUT2D eigenvalue weighted by Gasteiger charge is -2.10. The molecule has 8 nitrogen and oxygen atoms in total. The Balaban J connectivity index is 2.54. The summed E-state index contributed by atoms with van der Waals surface area (Å²) in [6.45, 7) is 1.74. The fraction of sp³-hybridized carbons (Fsp3) is 0.167. The van der Waals surface area contributed by atoms with Gasteiger partial charge in [0.25, 0.3) is 5.69 Å². The van der Waals surface area contributed by atoms with Gasteiger partial charge >= 0.3 is 5.97 Å². The van der Waals surface area contributed by atoms with Crippen molar-refractivity contribution < 1.29 is 19.6 Å². The number of halogens is 1. The number of nitro groups is 1. The zero-order valence-electron chi connectivity index (χ0n) is 11.0. The van der Waals surface area contributed by atoms with Crippen LogP contribution in [0.1, 0.15) is 16.1 Å². The first-order chi connectivity index (χ1) is 9.79. The molecule has 2 aromatic rings. The number of nitro benzene ring substituents is 1. The van der Waals surface area contributed by atoms with Crippen molar-refractivity contribution >= 4 is 23.3 Å². The van der Waals surface area contributed by atoms with Gasteiger partial charge < -0.3 is 9.84 Å². The Hall–Kier alpha value is -2.61. The Labute approximate surface area is 123 Å². The van der Waals surface area contributed by atoms with Crippen molar-refractivity contribution in [3.63, 3.8) is 0 Å². The van der Waals surface area contributed by atoms with E-state index >= 15 is 0 Å². The molecule has 0 saturated heterocycles. The van der Waals surface area contributed by atoms with Gasteiger partial charge in [-0.05, 0) is 6.92 Å². The molecule has 0 amide bonds. The highest BCUT2D eigenvalue weighted by atomic mass is 35.5. The lowest BCUT2D eigenvalue weighted by molar-refractivity contribution is -0.384.